The molecule has 0 heterocycles. The zero-order valence-electron chi connectivity index (χ0n) is 12.7. The first-order valence-electron chi connectivity index (χ1n) is 7.13. The zero-order chi connectivity index (χ0) is 16.1. The van der Waals surface area contributed by atoms with E-state index in [-0.39, 0.29) is 5.56 Å². The third-order valence-electron chi connectivity index (χ3n) is 3.41. The Kier molecular flexibility index (Phi) is 4.84. The Bertz CT molecular complexity index is 688. The molecule has 2 aromatic carbocycles. The van der Waals surface area contributed by atoms with Gasteiger partial charge >= 0.3 is 5.97 Å². The van der Waals surface area contributed by atoms with E-state index in [2.05, 4.69) is 31.3 Å². The van der Waals surface area contributed by atoms with E-state index in [1.165, 1.54) is 11.6 Å². The van der Waals surface area contributed by atoms with Gasteiger partial charge in [0, 0.05) is 11.9 Å². The SMILES string of the molecule is CC(C)c1ccc(N/C=C(\N)c2cccc(C(=O)O)c2)cc1. The largest absolute Gasteiger partial charge is 0.478 e. The summed E-state index contributed by atoms with van der Waals surface area (Å²) >= 11 is 0. The van der Waals surface area contributed by atoms with Crippen molar-refractivity contribution in [1.82, 2.24) is 0 Å². The van der Waals surface area contributed by atoms with Gasteiger partial charge in [0.2, 0.25) is 0 Å². The molecule has 4 nitrogen and oxygen atoms in total. The van der Waals surface area contributed by atoms with E-state index in [1.807, 2.05) is 12.1 Å². The van der Waals surface area contributed by atoms with Crippen molar-refractivity contribution in [2.45, 2.75) is 19.8 Å². The topological polar surface area (TPSA) is 75.3 Å². The van der Waals surface area contributed by atoms with Crippen molar-refractivity contribution < 1.29 is 9.90 Å². The van der Waals surface area contributed by atoms with E-state index < -0.39 is 5.97 Å². The van der Waals surface area contributed by atoms with Crippen LogP contribution in [0, 0.1) is 0 Å². The first-order chi connectivity index (χ1) is 10.5. The quantitative estimate of drug-likeness (QED) is 0.782. The number of hydrogen-bond acceptors (Lipinski definition) is 3. The van der Waals surface area contributed by atoms with E-state index in [0.29, 0.717) is 17.2 Å². The first-order valence-corrected chi connectivity index (χ1v) is 7.13. The summed E-state index contributed by atoms with van der Waals surface area (Å²) in [6.45, 7) is 4.30. The summed E-state index contributed by atoms with van der Waals surface area (Å²) in [5.74, 6) is -0.472. The van der Waals surface area contributed by atoms with Crippen LogP contribution in [0.25, 0.3) is 5.70 Å². The molecule has 22 heavy (non-hydrogen) atoms. The van der Waals surface area contributed by atoms with E-state index in [1.54, 1.807) is 24.4 Å². The Hall–Kier alpha value is -2.75. The molecule has 0 amide bonds. The van der Waals surface area contributed by atoms with E-state index in [4.69, 9.17) is 10.8 Å². The maximum atomic E-state index is 11.0. The normalized spacial score (nSPS) is 11.5. The highest BCUT2D eigenvalue weighted by Gasteiger charge is 2.04. The molecule has 0 saturated heterocycles. The summed E-state index contributed by atoms with van der Waals surface area (Å²) in [7, 11) is 0. The van der Waals surface area contributed by atoms with Crippen molar-refractivity contribution in [3.63, 3.8) is 0 Å². The van der Waals surface area contributed by atoms with Crippen LogP contribution in [-0.2, 0) is 0 Å². The lowest BCUT2D eigenvalue weighted by atomic mass is 10.0. The number of anilines is 1. The van der Waals surface area contributed by atoms with Crippen LogP contribution in [0.1, 0.15) is 41.3 Å². The highest BCUT2D eigenvalue weighted by molar-refractivity contribution is 5.88. The Balaban J connectivity index is 2.12. The molecule has 0 aromatic heterocycles. The molecule has 2 aromatic rings. The van der Waals surface area contributed by atoms with Crippen LogP contribution in [0.3, 0.4) is 0 Å². The number of aromatic carboxylic acids is 1. The molecule has 0 fully saturated rings. The second-order valence-corrected chi connectivity index (χ2v) is 5.41. The van der Waals surface area contributed by atoms with Gasteiger partial charge in [-0.05, 0) is 41.3 Å². The summed E-state index contributed by atoms with van der Waals surface area (Å²) in [6.07, 6.45) is 1.67. The molecule has 0 unspecified atom stereocenters. The smallest absolute Gasteiger partial charge is 0.335 e. The van der Waals surface area contributed by atoms with Crippen LogP contribution in [0.15, 0.2) is 54.7 Å². The second kappa shape index (κ2) is 6.80. The molecule has 0 aliphatic rings. The number of carbonyl (C=O) groups is 1. The fourth-order valence-corrected chi connectivity index (χ4v) is 2.04. The molecule has 0 aliphatic carbocycles. The van der Waals surface area contributed by atoms with Gasteiger partial charge in [0.05, 0.1) is 11.3 Å². The maximum Gasteiger partial charge on any atom is 0.335 e. The minimum absolute atomic E-state index is 0.218. The minimum atomic E-state index is -0.966. The van der Waals surface area contributed by atoms with Gasteiger partial charge in [0.1, 0.15) is 0 Å². The molecule has 0 atom stereocenters. The number of rotatable bonds is 5. The fourth-order valence-electron chi connectivity index (χ4n) is 2.04. The lowest BCUT2D eigenvalue weighted by Gasteiger charge is -2.08. The molecule has 0 radical (unpaired) electrons. The minimum Gasteiger partial charge on any atom is -0.478 e. The van der Waals surface area contributed by atoms with Crippen LogP contribution in [0.4, 0.5) is 5.69 Å². The van der Waals surface area contributed by atoms with Crippen LogP contribution in [-0.4, -0.2) is 11.1 Å². The summed E-state index contributed by atoms with van der Waals surface area (Å²) in [5, 5.41) is 12.1. The third-order valence-corrected chi connectivity index (χ3v) is 3.41. The predicted octanol–water partition coefficient (Wildman–Crippen LogP) is 3.88. The first kappa shape index (κ1) is 15.6. The second-order valence-electron chi connectivity index (χ2n) is 5.41. The highest BCUT2D eigenvalue weighted by Crippen LogP contribution is 2.18. The van der Waals surface area contributed by atoms with E-state index >= 15 is 0 Å². The molecular formula is C18H20N2O2. The van der Waals surface area contributed by atoms with Crippen molar-refractivity contribution in [3.8, 4) is 0 Å². The Morgan fingerprint density at radius 3 is 2.36 bits per heavy atom. The number of benzene rings is 2. The van der Waals surface area contributed by atoms with Gasteiger partial charge in [-0.15, -0.1) is 0 Å². The standard InChI is InChI=1S/C18H20N2O2/c1-12(2)13-6-8-16(9-7-13)20-11-17(19)14-4-3-5-15(10-14)18(21)22/h3-12,20H,19H2,1-2H3,(H,21,22)/b17-11-. The summed E-state index contributed by atoms with van der Waals surface area (Å²) in [6, 6.07) is 14.7. The van der Waals surface area contributed by atoms with Gasteiger partial charge in [0.15, 0.2) is 0 Å². The van der Waals surface area contributed by atoms with Gasteiger partial charge in [0.25, 0.3) is 0 Å². The van der Waals surface area contributed by atoms with Crippen LogP contribution >= 0.6 is 0 Å². The van der Waals surface area contributed by atoms with Crippen molar-refractivity contribution in [2.24, 2.45) is 5.73 Å². The van der Waals surface area contributed by atoms with Crippen LogP contribution in [0.2, 0.25) is 0 Å². The monoisotopic (exact) mass is 296 g/mol. The highest BCUT2D eigenvalue weighted by atomic mass is 16.4. The number of nitrogens with two attached hydrogens (primary N) is 1. The van der Waals surface area contributed by atoms with Crippen LogP contribution in [0.5, 0.6) is 0 Å². The fraction of sp³-hybridized carbons (Fsp3) is 0.167. The molecule has 2 rings (SSSR count). The molecular weight excluding hydrogens is 276 g/mol. The Morgan fingerprint density at radius 1 is 1.14 bits per heavy atom. The molecule has 0 bridgehead atoms. The Morgan fingerprint density at radius 2 is 1.77 bits per heavy atom. The number of hydrogen-bond donors (Lipinski definition) is 3. The van der Waals surface area contributed by atoms with Gasteiger partial charge in [-0.3, -0.25) is 0 Å². The average molecular weight is 296 g/mol. The maximum absolute atomic E-state index is 11.0. The lowest BCUT2D eigenvalue weighted by molar-refractivity contribution is 0.0697. The summed E-state index contributed by atoms with van der Waals surface area (Å²) < 4.78 is 0. The summed E-state index contributed by atoms with van der Waals surface area (Å²) in [5.41, 5.74) is 9.58. The molecule has 0 saturated carbocycles. The van der Waals surface area contributed by atoms with E-state index in [0.717, 1.165) is 5.69 Å². The zero-order valence-corrected chi connectivity index (χ0v) is 12.7. The van der Waals surface area contributed by atoms with Crippen molar-refractivity contribution in [2.75, 3.05) is 5.32 Å². The molecule has 0 spiro atoms. The van der Waals surface area contributed by atoms with Crippen molar-refractivity contribution in [1.29, 1.82) is 0 Å². The molecule has 4 N–H and O–H groups in total. The molecule has 0 aliphatic heterocycles. The van der Waals surface area contributed by atoms with Gasteiger partial charge in [-0.2, -0.15) is 0 Å². The molecule has 114 valence electrons. The van der Waals surface area contributed by atoms with Crippen molar-refractivity contribution in [3.05, 3.63) is 71.4 Å². The van der Waals surface area contributed by atoms with Gasteiger partial charge < -0.3 is 16.2 Å². The lowest BCUT2D eigenvalue weighted by Crippen LogP contribution is -2.03. The third kappa shape index (κ3) is 3.88. The number of nitrogens with one attached hydrogen (secondary N) is 1. The number of carboxylic acid groups (broad SMARTS) is 1. The van der Waals surface area contributed by atoms with E-state index in [9.17, 15) is 4.79 Å². The van der Waals surface area contributed by atoms with Crippen molar-refractivity contribution >= 4 is 17.4 Å². The average Bonchev–Trinajstić information content (AvgIpc) is 2.53. The Labute approximate surface area is 130 Å². The molecule has 4 heteroatoms. The van der Waals surface area contributed by atoms with Gasteiger partial charge in [-0.1, -0.05) is 38.1 Å². The van der Waals surface area contributed by atoms with Gasteiger partial charge in [-0.25, -0.2) is 4.79 Å². The summed E-state index contributed by atoms with van der Waals surface area (Å²) in [4.78, 5) is 11.0. The number of carboxylic acids is 1. The van der Waals surface area contributed by atoms with Crippen LogP contribution < -0.4 is 11.1 Å². The predicted molar refractivity (Wildman–Crippen MR) is 89.7 cm³/mol.